The summed E-state index contributed by atoms with van der Waals surface area (Å²) in [5.74, 6) is 3.12. The molecule has 0 saturated carbocycles. The van der Waals surface area contributed by atoms with Gasteiger partial charge in [0, 0.05) is 37.5 Å². The number of aliphatic imine (C=N–C) groups is 1. The van der Waals surface area contributed by atoms with Gasteiger partial charge in [-0.05, 0) is 43.9 Å². The van der Waals surface area contributed by atoms with Crippen LogP contribution in [-0.2, 0) is 25.9 Å². The Bertz CT molecular complexity index is 744. The number of nitrogens with one attached hydrogen (secondary N) is 2. The Morgan fingerprint density at radius 3 is 2.75 bits per heavy atom. The second-order valence-electron chi connectivity index (χ2n) is 6.85. The molecule has 154 valence electrons. The van der Waals surface area contributed by atoms with Crippen molar-refractivity contribution in [3.05, 3.63) is 46.5 Å². The van der Waals surface area contributed by atoms with E-state index in [-0.39, 0.29) is 24.0 Å². The van der Waals surface area contributed by atoms with Gasteiger partial charge in [0.05, 0.1) is 6.54 Å². The van der Waals surface area contributed by atoms with Gasteiger partial charge in [0.25, 0.3) is 0 Å². The standard InChI is InChI=1S/C20H29ClN6.HI/c1-2-22-20(24-15-16-9-11-17(21)12-10-16)23-13-6-8-19-26-25-18-7-4-3-5-14-27(18)19;/h9-12H,2-8,13-15H2,1H3,(H2,22,23,24);1H. The van der Waals surface area contributed by atoms with Crippen LogP contribution in [0.5, 0.6) is 0 Å². The number of aryl methyl sites for hydroxylation is 2. The molecule has 2 heterocycles. The van der Waals surface area contributed by atoms with E-state index in [1.807, 2.05) is 24.3 Å². The molecule has 1 aromatic carbocycles. The van der Waals surface area contributed by atoms with Crippen LogP contribution in [0.15, 0.2) is 29.3 Å². The van der Waals surface area contributed by atoms with Crippen molar-refractivity contribution in [3.63, 3.8) is 0 Å². The number of fused-ring (bicyclic) bond motifs is 1. The maximum atomic E-state index is 5.93. The molecule has 0 spiro atoms. The van der Waals surface area contributed by atoms with E-state index >= 15 is 0 Å². The SMILES string of the molecule is CCNC(=NCc1ccc(Cl)cc1)NCCCc1nnc2n1CCCCC2.I. The van der Waals surface area contributed by atoms with Crippen molar-refractivity contribution >= 4 is 41.5 Å². The molecule has 1 aliphatic heterocycles. The topological polar surface area (TPSA) is 67.1 Å². The van der Waals surface area contributed by atoms with Gasteiger partial charge in [-0.25, -0.2) is 4.99 Å². The van der Waals surface area contributed by atoms with Crippen LogP contribution < -0.4 is 10.6 Å². The zero-order valence-electron chi connectivity index (χ0n) is 16.5. The lowest BCUT2D eigenvalue weighted by Crippen LogP contribution is -2.37. The smallest absolute Gasteiger partial charge is 0.191 e. The molecular weight excluding hydrogens is 487 g/mol. The number of rotatable bonds is 7. The Balaban J connectivity index is 0.00000280. The molecule has 0 aliphatic carbocycles. The normalized spacial score (nSPS) is 14.0. The van der Waals surface area contributed by atoms with Crippen LogP contribution in [0, 0.1) is 0 Å². The van der Waals surface area contributed by atoms with Gasteiger partial charge in [0.2, 0.25) is 0 Å². The van der Waals surface area contributed by atoms with E-state index < -0.39 is 0 Å². The molecule has 1 aromatic heterocycles. The average Bonchev–Trinajstić information content (AvgIpc) is 2.90. The van der Waals surface area contributed by atoms with Gasteiger partial charge in [-0.15, -0.1) is 34.2 Å². The highest BCUT2D eigenvalue weighted by Gasteiger charge is 2.14. The van der Waals surface area contributed by atoms with Crippen LogP contribution in [0.4, 0.5) is 0 Å². The molecule has 2 aromatic rings. The summed E-state index contributed by atoms with van der Waals surface area (Å²) in [6, 6.07) is 7.81. The highest BCUT2D eigenvalue weighted by Crippen LogP contribution is 2.15. The van der Waals surface area contributed by atoms with Crippen LogP contribution in [0.25, 0.3) is 0 Å². The summed E-state index contributed by atoms with van der Waals surface area (Å²) in [5.41, 5.74) is 1.14. The number of hydrogen-bond donors (Lipinski definition) is 2. The van der Waals surface area contributed by atoms with Crippen LogP contribution in [-0.4, -0.2) is 33.8 Å². The number of hydrogen-bond acceptors (Lipinski definition) is 3. The highest BCUT2D eigenvalue weighted by atomic mass is 127. The molecule has 0 bridgehead atoms. The van der Waals surface area contributed by atoms with Gasteiger partial charge in [-0.2, -0.15) is 0 Å². The Labute approximate surface area is 189 Å². The summed E-state index contributed by atoms with van der Waals surface area (Å²) in [7, 11) is 0. The second kappa shape index (κ2) is 12.3. The van der Waals surface area contributed by atoms with Crippen LogP contribution in [0.1, 0.15) is 49.8 Å². The van der Waals surface area contributed by atoms with E-state index in [2.05, 4.69) is 37.3 Å². The lowest BCUT2D eigenvalue weighted by Gasteiger charge is -2.11. The average molecular weight is 517 g/mol. The highest BCUT2D eigenvalue weighted by molar-refractivity contribution is 14.0. The molecule has 28 heavy (non-hydrogen) atoms. The van der Waals surface area contributed by atoms with Crippen molar-refractivity contribution < 1.29 is 0 Å². The van der Waals surface area contributed by atoms with Crippen molar-refractivity contribution in [1.29, 1.82) is 0 Å². The molecule has 1 aliphatic rings. The van der Waals surface area contributed by atoms with Gasteiger partial charge in [-0.1, -0.05) is 30.2 Å². The zero-order valence-corrected chi connectivity index (χ0v) is 19.5. The Morgan fingerprint density at radius 2 is 1.96 bits per heavy atom. The van der Waals surface area contributed by atoms with Crippen LogP contribution in [0.2, 0.25) is 5.02 Å². The van der Waals surface area contributed by atoms with Crippen molar-refractivity contribution in [2.24, 2.45) is 4.99 Å². The fourth-order valence-electron chi connectivity index (χ4n) is 3.29. The molecule has 0 radical (unpaired) electrons. The van der Waals surface area contributed by atoms with Gasteiger partial charge >= 0.3 is 0 Å². The first-order valence-corrected chi connectivity index (χ1v) is 10.3. The number of aromatic nitrogens is 3. The molecule has 0 unspecified atom stereocenters. The molecule has 0 amide bonds. The molecule has 6 nitrogen and oxygen atoms in total. The minimum absolute atomic E-state index is 0. The predicted octanol–water partition coefficient (Wildman–Crippen LogP) is 3.96. The lowest BCUT2D eigenvalue weighted by molar-refractivity contribution is 0.594. The fourth-order valence-corrected chi connectivity index (χ4v) is 3.41. The van der Waals surface area contributed by atoms with Crippen LogP contribution >= 0.6 is 35.6 Å². The van der Waals surface area contributed by atoms with Gasteiger partial charge in [0.1, 0.15) is 11.6 Å². The van der Waals surface area contributed by atoms with Crippen molar-refractivity contribution in [1.82, 2.24) is 25.4 Å². The molecule has 0 atom stereocenters. The first kappa shape index (κ1) is 22.9. The molecule has 0 fully saturated rings. The van der Waals surface area contributed by atoms with E-state index in [0.29, 0.717) is 6.54 Å². The van der Waals surface area contributed by atoms with Gasteiger partial charge in [0.15, 0.2) is 5.96 Å². The number of benzene rings is 1. The van der Waals surface area contributed by atoms with E-state index in [1.54, 1.807) is 0 Å². The summed E-state index contributed by atoms with van der Waals surface area (Å²) in [5, 5.41) is 16.2. The molecule has 8 heteroatoms. The van der Waals surface area contributed by atoms with Gasteiger partial charge < -0.3 is 15.2 Å². The Kier molecular flexibility index (Phi) is 10.0. The van der Waals surface area contributed by atoms with Gasteiger partial charge in [-0.3, -0.25) is 0 Å². The van der Waals surface area contributed by atoms with Crippen LogP contribution in [0.3, 0.4) is 0 Å². The summed E-state index contributed by atoms with van der Waals surface area (Å²) in [4.78, 5) is 4.65. The summed E-state index contributed by atoms with van der Waals surface area (Å²) in [6.07, 6.45) is 6.77. The summed E-state index contributed by atoms with van der Waals surface area (Å²) in [6.45, 7) is 5.46. The largest absolute Gasteiger partial charge is 0.357 e. The zero-order chi connectivity index (χ0) is 18.9. The minimum atomic E-state index is 0. The molecule has 0 saturated heterocycles. The Hall–Kier alpha value is -1.35. The van der Waals surface area contributed by atoms with E-state index in [9.17, 15) is 0 Å². The summed E-state index contributed by atoms with van der Waals surface area (Å²) >= 11 is 5.93. The van der Waals surface area contributed by atoms with Crippen molar-refractivity contribution in [2.75, 3.05) is 13.1 Å². The van der Waals surface area contributed by atoms with E-state index in [4.69, 9.17) is 11.6 Å². The maximum Gasteiger partial charge on any atom is 0.191 e. The second-order valence-corrected chi connectivity index (χ2v) is 7.28. The third-order valence-corrected chi connectivity index (χ3v) is 4.98. The monoisotopic (exact) mass is 516 g/mol. The third-order valence-electron chi connectivity index (χ3n) is 4.73. The molecule has 2 N–H and O–H groups in total. The van der Waals surface area contributed by atoms with Crippen molar-refractivity contribution in [2.45, 2.75) is 58.5 Å². The number of halogens is 2. The van der Waals surface area contributed by atoms with E-state index in [1.165, 1.54) is 19.3 Å². The molecular formula is C20H30ClIN6. The first-order chi connectivity index (χ1) is 13.3. The molecule has 3 rings (SSSR count). The summed E-state index contributed by atoms with van der Waals surface area (Å²) < 4.78 is 2.33. The fraction of sp³-hybridized carbons (Fsp3) is 0.550. The lowest BCUT2D eigenvalue weighted by atomic mass is 10.2. The maximum absolute atomic E-state index is 5.93. The van der Waals surface area contributed by atoms with Crippen molar-refractivity contribution in [3.8, 4) is 0 Å². The van der Waals surface area contributed by atoms with E-state index in [0.717, 1.165) is 67.1 Å². The Morgan fingerprint density at radius 1 is 1.14 bits per heavy atom. The minimum Gasteiger partial charge on any atom is -0.357 e. The predicted molar refractivity (Wildman–Crippen MR) is 126 cm³/mol. The first-order valence-electron chi connectivity index (χ1n) is 9.94. The quantitative estimate of drug-likeness (QED) is 0.253. The third kappa shape index (κ3) is 6.92. The number of nitrogens with zero attached hydrogens (tertiary/aromatic N) is 4. The number of guanidine groups is 1.